The van der Waals surface area contributed by atoms with Crippen LogP contribution in [-0.4, -0.2) is 67.6 Å². The molecule has 7 nitrogen and oxygen atoms in total. The van der Waals surface area contributed by atoms with Gasteiger partial charge in [0, 0.05) is 35.3 Å². The van der Waals surface area contributed by atoms with Crippen molar-refractivity contribution in [3.05, 3.63) is 65.2 Å². The molecular formula is C31H33BrN2O5. The van der Waals surface area contributed by atoms with Gasteiger partial charge in [-0.05, 0) is 41.5 Å². The number of rotatable bonds is 6. The molecule has 5 aliphatic rings. The lowest BCUT2D eigenvalue weighted by Crippen LogP contribution is -2.72. The predicted molar refractivity (Wildman–Crippen MR) is 151 cm³/mol. The van der Waals surface area contributed by atoms with E-state index >= 15 is 0 Å². The smallest absolute Gasteiger partial charge is 0.229 e. The molecule has 0 N–H and O–H groups in total. The van der Waals surface area contributed by atoms with Crippen LogP contribution in [0.1, 0.15) is 30.4 Å². The number of alkyl halides is 1. The molecule has 2 amide bonds. The maximum Gasteiger partial charge on any atom is 0.229 e. The SMILES string of the molecule is COc1cc2c(cc1OC)[C@]1(CCBr)[C@@H]3C[C@H]4C(=CCO[C@H]5CC(=O)N2[C@H]1[C@H]54)CN3C(=O)Cc1ccccc1. The van der Waals surface area contributed by atoms with Crippen LogP contribution in [0.2, 0.25) is 0 Å². The van der Waals surface area contributed by atoms with Crippen LogP contribution in [0.4, 0.5) is 5.69 Å². The van der Waals surface area contributed by atoms with Crippen molar-refractivity contribution in [3.8, 4) is 11.5 Å². The highest BCUT2D eigenvalue weighted by atomic mass is 79.9. The maximum atomic E-state index is 14.1. The first-order chi connectivity index (χ1) is 19.0. The van der Waals surface area contributed by atoms with Crippen LogP contribution in [0.3, 0.4) is 0 Å². The molecule has 8 heteroatoms. The minimum atomic E-state index is -0.459. The number of methoxy groups -OCH3 is 2. The molecule has 0 unspecified atom stereocenters. The van der Waals surface area contributed by atoms with E-state index in [1.807, 2.05) is 41.3 Å². The van der Waals surface area contributed by atoms with E-state index in [4.69, 9.17) is 14.2 Å². The molecule has 2 saturated heterocycles. The second-order valence-corrected chi connectivity index (χ2v) is 12.2. The number of hydrogen-bond donors (Lipinski definition) is 0. The van der Waals surface area contributed by atoms with E-state index in [0.29, 0.717) is 37.5 Å². The third kappa shape index (κ3) is 3.50. The fourth-order valence-electron chi connectivity index (χ4n) is 8.49. The van der Waals surface area contributed by atoms with Gasteiger partial charge >= 0.3 is 0 Å². The van der Waals surface area contributed by atoms with Gasteiger partial charge in [-0.3, -0.25) is 9.59 Å². The second-order valence-electron chi connectivity index (χ2n) is 11.4. The van der Waals surface area contributed by atoms with Crippen LogP contribution in [0.15, 0.2) is 54.1 Å². The van der Waals surface area contributed by atoms with Crippen molar-refractivity contribution < 1.29 is 23.8 Å². The molecule has 0 radical (unpaired) electrons. The lowest BCUT2D eigenvalue weighted by atomic mass is 9.51. The molecule has 1 aliphatic carbocycles. The highest BCUT2D eigenvalue weighted by Gasteiger charge is 2.69. The van der Waals surface area contributed by atoms with Crippen LogP contribution >= 0.6 is 15.9 Å². The number of amides is 2. The lowest BCUT2D eigenvalue weighted by molar-refractivity contribution is -0.145. The predicted octanol–water partition coefficient (Wildman–Crippen LogP) is 4.26. The van der Waals surface area contributed by atoms with Crippen molar-refractivity contribution in [2.24, 2.45) is 11.8 Å². The molecular weight excluding hydrogens is 560 g/mol. The number of halogens is 1. The largest absolute Gasteiger partial charge is 0.493 e. The quantitative estimate of drug-likeness (QED) is 0.370. The molecule has 2 aromatic carbocycles. The molecule has 2 aromatic rings. The zero-order chi connectivity index (χ0) is 26.9. The summed E-state index contributed by atoms with van der Waals surface area (Å²) in [6.45, 7) is 1.10. The number of nitrogens with zero attached hydrogens (tertiary/aromatic N) is 2. The van der Waals surface area contributed by atoms with E-state index in [2.05, 4.69) is 33.0 Å². The Labute approximate surface area is 237 Å². The molecule has 39 heavy (non-hydrogen) atoms. The van der Waals surface area contributed by atoms with Gasteiger partial charge in [-0.1, -0.05) is 52.3 Å². The summed E-state index contributed by atoms with van der Waals surface area (Å²) in [4.78, 5) is 32.2. The number of fused-ring (bicyclic) bond motifs is 5. The number of benzene rings is 2. The summed E-state index contributed by atoms with van der Waals surface area (Å²) in [7, 11) is 3.27. The molecule has 6 atom stereocenters. The molecule has 4 heterocycles. The number of anilines is 1. The molecule has 204 valence electrons. The van der Waals surface area contributed by atoms with Gasteiger partial charge in [0.25, 0.3) is 0 Å². The number of piperidine rings is 2. The average Bonchev–Trinajstić information content (AvgIpc) is 3.10. The molecule has 3 fully saturated rings. The van der Waals surface area contributed by atoms with E-state index in [1.165, 1.54) is 5.57 Å². The Morgan fingerprint density at radius 3 is 2.67 bits per heavy atom. The Morgan fingerprint density at radius 2 is 1.92 bits per heavy atom. The maximum absolute atomic E-state index is 14.1. The van der Waals surface area contributed by atoms with Gasteiger partial charge in [0.2, 0.25) is 11.8 Å². The van der Waals surface area contributed by atoms with Gasteiger partial charge in [-0.2, -0.15) is 0 Å². The van der Waals surface area contributed by atoms with Crippen LogP contribution in [-0.2, 0) is 26.2 Å². The van der Waals surface area contributed by atoms with Crippen molar-refractivity contribution in [2.75, 3.05) is 37.6 Å². The fourth-order valence-corrected chi connectivity index (χ4v) is 9.15. The average molecular weight is 594 g/mol. The van der Waals surface area contributed by atoms with E-state index in [9.17, 15) is 9.59 Å². The Bertz CT molecular complexity index is 1360. The second kappa shape index (κ2) is 9.37. The molecule has 2 bridgehead atoms. The van der Waals surface area contributed by atoms with Gasteiger partial charge < -0.3 is 24.0 Å². The van der Waals surface area contributed by atoms with Crippen LogP contribution in [0, 0.1) is 11.8 Å². The third-order valence-corrected chi connectivity index (χ3v) is 10.3. The molecule has 7 rings (SSSR count). The van der Waals surface area contributed by atoms with Gasteiger partial charge in [0.05, 0.1) is 51.5 Å². The minimum Gasteiger partial charge on any atom is -0.493 e. The van der Waals surface area contributed by atoms with E-state index in [0.717, 1.165) is 35.0 Å². The highest BCUT2D eigenvalue weighted by Crippen LogP contribution is 2.65. The van der Waals surface area contributed by atoms with Crippen molar-refractivity contribution in [1.29, 1.82) is 0 Å². The van der Waals surface area contributed by atoms with Crippen molar-refractivity contribution in [1.82, 2.24) is 4.90 Å². The van der Waals surface area contributed by atoms with Crippen LogP contribution < -0.4 is 14.4 Å². The lowest BCUT2D eigenvalue weighted by Gasteiger charge is -2.62. The Balaban J connectivity index is 1.44. The van der Waals surface area contributed by atoms with E-state index in [1.54, 1.807) is 14.2 Å². The third-order valence-electron chi connectivity index (χ3n) is 9.93. The van der Waals surface area contributed by atoms with Crippen LogP contribution in [0.25, 0.3) is 0 Å². The van der Waals surface area contributed by atoms with Gasteiger partial charge in [-0.25, -0.2) is 0 Å². The molecule has 0 spiro atoms. The number of carbonyl (C=O) groups is 2. The first-order valence-corrected chi connectivity index (χ1v) is 14.9. The Morgan fingerprint density at radius 1 is 1.15 bits per heavy atom. The summed E-state index contributed by atoms with van der Waals surface area (Å²) in [5.74, 6) is 1.91. The van der Waals surface area contributed by atoms with Crippen molar-refractivity contribution >= 4 is 33.4 Å². The normalized spacial score (nSPS) is 31.8. The fraction of sp³-hybridized carbons (Fsp3) is 0.484. The minimum absolute atomic E-state index is 0.0545. The van der Waals surface area contributed by atoms with E-state index < -0.39 is 5.41 Å². The summed E-state index contributed by atoms with van der Waals surface area (Å²) >= 11 is 3.78. The summed E-state index contributed by atoms with van der Waals surface area (Å²) in [5, 5.41) is 0.752. The zero-order valence-electron chi connectivity index (χ0n) is 22.3. The van der Waals surface area contributed by atoms with Gasteiger partial charge in [-0.15, -0.1) is 0 Å². The number of ether oxygens (including phenoxy) is 3. The topological polar surface area (TPSA) is 68.3 Å². The number of likely N-dealkylation sites (tertiary alicyclic amines) is 1. The first kappa shape index (κ1) is 25.1. The Kier molecular flexibility index (Phi) is 6.04. The zero-order valence-corrected chi connectivity index (χ0v) is 23.9. The molecule has 4 aliphatic heterocycles. The summed E-state index contributed by atoms with van der Waals surface area (Å²) in [6, 6.07) is 13.9. The van der Waals surface area contributed by atoms with Crippen molar-refractivity contribution in [2.45, 2.75) is 49.3 Å². The number of carbonyl (C=O) groups excluding carboxylic acids is 2. The van der Waals surface area contributed by atoms with Crippen molar-refractivity contribution in [3.63, 3.8) is 0 Å². The number of hydrogen-bond acceptors (Lipinski definition) is 5. The summed E-state index contributed by atoms with van der Waals surface area (Å²) < 4.78 is 17.9. The standard InChI is InChI=1S/C31H33BrN2O5/c1-37-23-14-21-22(15-24(23)38-2)34-28(36)16-25-29-20-13-26(31(21,9-10-32)30(29)34)33(17-19(20)8-11-39-25)27(35)12-18-6-4-3-5-7-18/h3-8,14-15,20,25-26,29-30H,9-13,16-17H2,1-2H3/t20-,25-,26-,29-,30-,31+/m0/s1. The molecule has 0 aromatic heterocycles. The molecule has 1 saturated carbocycles. The van der Waals surface area contributed by atoms with Gasteiger partial charge in [0.15, 0.2) is 11.5 Å². The summed E-state index contributed by atoms with van der Waals surface area (Å²) in [6.07, 6.45) is 4.45. The highest BCUT2D eigenvalue weighted by molar-refractivity contribution is 9.09. The van der Waals surface area contributed by atoms with E-state index in [-0.39, 0.29) is 41.8 Å². The monoisotopic (exact) mass is 592 g/mol. The Hall–Kier alpha value is -2.84. The first-order valence-electron chi connectivity index (χ1n) is 13.8. The summed E-state index contributed by atoms with van der Waals surface area (Å²) in [5.41, 5.74) is 3.81. The van der Waals surface area contributed by atoms with Gasteiger partial charge in [0.1, 0.15) is 0 Å². The van der Waals surface area contributed by atoms with Crippen LogP contribution in [0.5, 0.6) is 11.5 Å².